The van der Waals surface area contributed by atoms with Crippen molar-refractivity contribution >= 4 is 0 Å². The van der Waals surface area contributed by atoms with Crippen molar-refractivity contribution < 1.29 is 0 Å². The van der Waals surface area contributed by atoms with Crippen LogP contribution in [-0.2, 0) is 0 Å². The van der Waals surface area contributed by atoms with Crippen molar-refractivity contribution in [2.45, 2.75) is 333 Å². The summed E-state index contributed by atoms with van der Waals surface area (Å²) in [6, 6.07) is 0. The second-order valence-electron chi connectivity index (χ2n) is 39.7. The van der Waals surface area contributed by atoms with Crippen molar-refractivity contribution in [1.29, 1.82) is 0 Å². The van der Waals surface area contributed by atoms with Crippen LogP contribution >= 0.6 is 0 Å². The Hall–Kier alpha value is 0. The van der Waals surface area contributed by atoms with Crippen LogP contribution in [0.4, 0.5) is 0 Å². The summed E-state index contributed by atoms with van der Waals surface area (Å²) in [5, 5.41) is 0. The van der Waals surface area contributed by atoms with E-state index in [1.54, 1.807) is 0 Å². The lowest BCUT2D eigenvalue weighted by Gasteiger charge is -2.49. The molecule has 0 aromatic carbocycles. The lowest BCUT2D eigenvalue weighted by molar-refractivity contribution is 0.0110. The highest BCUT2D eigenvalue weighted by Gasteiger charge is 2.52. The number of hydrogen-bond acceptors (Lipinski definition) is 0. The maximum atomic E-state index is 2.41. The highest BCUT2D eigenvalue weighted by Crippen LogP contribution is 2.60. The van der Waals surface area contributed by atoms with Crippen molar-refractivity contribution in [3.8, 4) is 0 Å². The molecule has 6 aliphatic rings. The van der Waals surface area contributed by atoms with Crippen LogP contribution < -0.4 is 0 Å². The maximum absolute atomic E-state index is 2.41. The van der Waals surface area contributed by atoms with Gasteiger partial charge in [-0.25, -0.2) is 0 Å². The van der Waals surface area contributed by atoms with Crippen molar-refractivity contribution in [2.75, 3.05) is 0 Å². The van der Waals surface area contributed by atoms with E-state index in [9.17, 15) is 0 Å². The van der Waals surface area contributed by atoms with Gasteiger partial charge in [-0.3, -0.25) is 0 Å². The zero-order valence-corrected chi connectivity index (χ0v) is 58.1. The first-order chi connectivity index (χ1) is 31.8. The van der Waals surface area contributed by atoms with Gasteiger partial charge in [0, 0.05) is 0 Å². The standard InChI is InChI=1S/2C14H28.C12H24.3C11H22/c1-13(2,3)11-7-9-12(10-8-11)14(4,5)6;1-13(2,3)11-8-7-9-12(10-11)14(4,5)6;1-11(2,3)9-7-10(8-9)12(4,5)6;3*1-10(2,3)8-7-9(8)11(4,5)6/h2*11-12H,7-10H2,1-6H3;9-10H,7-8H2,1-6H3;3*8-9H,7H2,1-6H3. The Morgan fingerprint density at radius 2 is 0.301 bits per heavy atom. The Labute approximate surface area is 466 Å². The molecule has 0 N–H and O–H groups in total. The Kier molecular flexibility index (Phi) is 24.1. The van der Waals surface area contributed by atoms with Gasteiger partial charge in [-0.2, -0.15) is 0 Å². The van der Waals surface area contributed by atoms with E-state index in [2.05, 4.69) is 249 Å². The van der Waals surface area contributed by atoms with Crippen molar-refractivity contribution in [3.05, 3.63) is 0 Å². The minimum atomic E-state index is 0.518. The summed E-state index contributed by atoms with van der Waals surface area (Å²) in [6.45, 7) is 85.6. The fourth-order valence-corrected chi connectivity index (χ4v) is 13.9. The fourth-order valence-electron chi connectivity index (χ4n) is 13.9. The summed E-state index contributed by atoms with van der Waals surface area (Å²) < 4.78 is 0. The van der Waals surface area contributed by atoms with Crippen LogP contribution in [0.25, 0.3) is 0 Å². The molecule has 0 spiro atoms. The van der Waals surface area contributed by atoms with Crippen LogP contribution in [0, 0.1) is 136 Å². The molecule has 0 heteroatoms. The molecule has 6 rings (SSSR count). The van der Waals surface area contributed by atoms with Crippen LogP contribution in [0.5, 0.6) is 0 Å². The van der Waals surface area contributed by atoms with Gasteiger partial charge in [0.2, 0.25) is 0 Å². The monoisotopic (exact) mass is 1020 g/mol. The average molecular weight is 1020 g/mol. The molecule has 438 valence electrons. The molecule has 0 amide bonds. The molecular weight excluding hydrogens is 877 g/mol. The topological polar surface area (TPSA) is 0 Å². The molecule has 0 aromatic rings. The first-order valence-corrected chi connectivity index (χ1v) is 31.8. The van der Waals surface area contributed by atoms with Gasteiger partial charge >= 0.3 is 0 Å². The second-order valence-corrected chi connectivity index (χ2v) is 39.7. The van der Waals surface area contributed by atoms with Crippen molar-refractivity contribution in [2.24, 2.45) is 136 Å². The minimum absolute atomic E-state index is 0.518. The summed E-state index contributed by atoms with van der Waals surface area (Å²) >= 11 is 0. The first-order valence-electron chi connectivity index (χ1n) is 31.8. The van der Waals surface area contributed by atoms with Gasteiger partial charge < -0.3 is 0 Å². The third-order valence-electron chi connectivity index (χ3n) is 20.9. The average Bonchev–Trinajstić information content (AvgIpc) is 3.96. The van der Waals surface area contributed by atoms with Crippen LogP contribution in [0.1, 0.15) is 333 Å². The fraction of sp³-hybridized carbons (Fsp3) is 1.00. The zero-order valence-electron chi connectivity index (χ0n) is 58.1. The normalized spacial score (nSPS) is 31.4. The van der Waals surface area contributed by atoms with Crippen LogP contribution in [0.15, 0.2) is 0 Å². The van der Waals surface area contributed by atoms with E-state index in [1.807, 2.05) is 0 Å². The van der Waals surface area contributed by atoms with Crippen LogP contribution in [0.2, 0.25) is 0 Å². The van der Waals surface area contributed by atoms with Gasteiger partial charge in [0.1, 0.15) is 0 Å². The van der Waals surface area contributed by atoms with Crippen molar-refractivity contribution in [1.82, 2.24) is 0 Å². The molecule has 0 saturated heterocycles. The van der Waals surface area contributed by atoms with E-state index in [0.717, 1.165) is 71.0 Å². The van der Waals surface area contributed by atoms with Crippen molar-refractivity contribution in [3.63, 3.8) is 0 Å². The molecule has 73 heavy (non-hydrogen) atoms. The molecule has 8 atom stereocenters. The van der Waals surface area contributed by atoms with Crippen LogP contribution in [-0.4, -0.2) is 0 Å². The summed E-state index contributed by atoms with van der Waals surface area (Å²) in [6.07, 6.45) is 18.9. The van der Waals surface area contributed by atoms with E-state index in [1.165, 1.54) is 83.5 Å². The largest absolute Gasteiger partial charge is 0.0599 e. The van der Waals surface area contributed by atoms with Gasteiger partial charge in [-0.15, -0.1) is 0 Å². The predicted octanol–water partition coefficient (Wildman–Crippen LogP) is 25.0. The van der Waals surface area contributed by atoms with Gasteiger partial charge in [-0.1, -0.05) is 256 Å². The van der Waals surface area contributed by atoms with Gasteiger partial charge in [0.15, 0.2) is 0 Å². The highest BCUT2D eigenvalue weighted by molar-refractivity contribution is 5.01. The smallest absolute Gasteiger partial charge is 0.0329 e. The Bertz CT molecular complexity index is 1340. The van der Waals surface area contributed by atoms with E-state index in [-0.39, 0.29) is 0 Å². The molecule has 6 saturated carbocycles. The summed E-state index contributed by atoms with van der Waals surface area (Å²) in [7, 11) is 0. The quantitative estimate of drug-likeness (QED) is 0.227. The molecule has 6 fully saturated rings. The molecule has 8 unspecified atom stereocenters. The highest BCUT2D eigenvalue weighted by atomic mass is 14.6. The predicted molar refractivity (Wildman–Crippen MR) is 335 cm³/mol. The number of hydrogen-bond donors (Lipinski definition) is 0. The zero-order chi connectivity index (χ0) is 58.1. The molecular formula is C73H146. The minimum Gasteiger partial charge on any atom is -0.0599 e. The first kappa shape index (κ1) is 71.0. The molecule has 0 nitrogen and oxygen atoms in total. The van der Waals surface area contributed by atoms with Crippen LogP contribution in [0.3, 0.4) is 0 Å². The van der Waals surface area contributed by atoms with Gasteiger partial charge in [-0.05, 0) is 213 Å². The third kappa shape index (κ3) is 25.3. The van der Waals surface area contributed by atoms with Gasteiger partial charge in [0.05, 0.1) is 0 Å². The van der Waals surface area contributed by atoms with E-state index in [4.69, 9.17) is 0 Å². The second kappa shape index (κ2) is 24.8. The molecule has 0 heterocycles. The summed E-state index contributed by atoms with van der Waals surface area (Å²) in [5.41, 5.74) is 6.42. The molecule has 0 aromatic heterocycles. The van der Waals surface area contributed by atoms with E-state index < -0.39 is 0 Å². The van der Waals surface area contributed by atoms with E-state index >= 15 is 0 Å². The molecule has 6 aliphatic carbocycles. The van der Waals surface area contributed by atoms with E-state index in [0.29, 0.717) is 65.0 Å². The number of rotatable bonds is 0. The SMILES string of the molecule is CC(C)(C)C1CC(C(C)(C)C)C1.CC(C)(C)C1CC1C(C)(C)C.CC(C)(C)C1CC1C(C)(C)C.CC(C)(C)C1CC1C(C)(C)C.CC(C)(C)C1CCC(C(C)(C)C)CC1.CC(C)(C)C1CCCC(C(C)(C)C)C1. The molecule has 0 radical (unpaired) electrons. The summed E-state index contributed by atoms with van der Waals surface area (Å²) in [5.74, 6) is 11.6. The Balaban J connectivity index is 0.000000439. The molecule has 0 aliphatic heterocycles. The molecule has 0 bridgehead atoms. The summed E-state index contributed by atoms with van der Waals surface area (Å²) in [4.78, 5) is 0. The Morgan fingerprint density at radius 3 is 0.425 bits per heavy atom. The Morgan fingerprint density at radius 1 is 0.151 bits per heavy atom. The maximum Gasteiger partial charge on any atom is -0.0329 e. The third-order valence-corrected chi connectivity index (χ3v) is 20.9. The van der Waals surface area contributed by atoms with Gasteiger partial charge in [0.25, 0.3) is 0 Å². The lowest BCUT2D eigenvalue weighted by Crippen LogP contribution is -2.40. The lowest BCUT2D eigenvalue weighted by atomic mass is 9.56.